The highest BCUT2D eigenvalue weighted by Crippen LogP contribution is 2.18. The van der Waals surface area contributed by atoms with E-state index in [1.807, 2.05) is 20.8 Å². The molecule has 0 saturated carbocycles. The molecule has 0 aliphatic heterocycles. The maximum atomic E-state index is 12.5. The van der Waals surface area contributed by atoms with Crippen LogP contribution in [0, 0.1) is 0 Å². The molecule has 0 fully saturated rings. The number of ether oxygens (including phenoxy) is 2. The highest BCUT2D eigenvalue weighted by molar-refractivity contribution is 8.23. The van der Waals surface area contributed by atoms with E-state index in [9.17, 15) is 4.79 Å². The summed E-state index contributed by atoms with van der Waals surface area (Å²) in [5.41, 5.74) is -0.562. The number of thioether (sulfide) groups is 1. The van der Waals surface area contributed by atoms with Crippen LogP contribution in [0.15, 0.2) is 0 Å². The van der Waals surface area contributed by atoms with Crippen molar-refractivity contribution in [3.8, 4) is 0 Å². The van der Waals surface area contributed by atoms with E-state index in [1.54, 1.807) is 11.8 Å². The Morgan fingerprint density at radius 1 is 0.596 bits per heavy atom. The molecular formula is C40H77NO3S3. The van der Waals surface area contributed by atoms with E-state index < -0.39 is 17.9 Å². The van der Waals surface area contributed by atoms with Crippen LogP contribution >= 0.6 is 36.2 Å². The number of amides is 1. The number of hydrogen-bond donors (Lipinski definition) is 1. The fourth-order valence-corrected chi connectivity index (χ4v) is 7.25. The van der Waals surface area contributed by atoms with Crippen molar-refractivity contribution in [2.75, 3.05) is 5.75 Å². The molecule has 0 aromatic rings. The highest BCUT2D eigenvalue weighted by atomic mass is 32.2. The standard InChI is InChI=1S/C40H77NO3S3/c1-6-8-10-12-14-16-18-20-22-24-26-28-30-32-37(45)43-36(41-39(42)44-40(3,4)5)34-35-47-38(46)33-31-29-27-25-23-21-19-17-15-13-11-9-7-2/h36H,6-35H2,1-5H3,(H,41,42). The predicted molar refractivity (Wildman–Crippen MR) is 217 cm³/mol. The molecule has 1 N–H and O–H groups in total. The monoisotopic (exact) mass is 716 g/mol. The lowest BCUT2D eigenvalue weighted by Crippen LogP contribution is -2.41. The Hall–Kier alpha value is -0.400. The van der Waals surface area contributed by atoms with Crippen LogP contribution in [0.2, 0.25) is 0 Å². The van der Waals surface area contributed by atoms with Gasteiger partial charge in [0, 0.05) is 22.8 Å². The van der Waals surface area contributed by atoms with Crippen molar-refractivity contribution in [2.24, 2.45) is 0 Å². The summed E-state index contributed by atoms with van der Waals surface area (Å²) in [5.74, 6) is 0.791. The van der Waals surface area contributed by atoms with Crippen molar-refractivity contribution < 1.29 is 14.3 Å². The third-order valence-electron chi connectivity index (χ3n) is 8.56. The molecule has 0 spiro atoms. The smallest absolute Gasteiger partial charge is 0.410 e. The van der Waals surface area contributed by atoms with Gasteiger partial charge in [-0.3, -0.25) is 5.32 Å². The number of carbonyl (C=O) groups excluding carboxylic acids is 1. The molecule has 47 heavy (non-hydrogen) atoms. The van der Waals surface area contributed by atoms with Gasteiger partial charge in [0.25, 0.3) is 0 Å². The third kappa shape index (κ3) is 36.7. The molecule has 0 rings (SSSR count). The van der Waals surface area contributed by atoms with E-state index in [-0.39, 0.29) is 0 Å². The van der Waals surface area contributed by atoms with Crippen molar-refractivity contribution in [3.05, 3.63) is 0 Å². The Morgan fingerprint density at radius 2 is 0.957 bits per heavy atom. The molecule has 1 atom stereocenters. The molecule has 0 radical (unpaired) electrons. The molecule has 0 heterocycles. The fraction of sp³-hybridized carbons (Fsp3) is 0.925. The van der Waals surface area contributed by atoms with Gasteiger partial charge >= 0.3 is 6.09 Å². The summed E-state index contributed by atoms with van der Waals surface area (Å²) in [5, 5.41) is 3.47. The molecule has 0 aliphatic rings. The van der Waals surface area contributed by atoms with Gasteiger partial charge in [0.1, 0.15) is 5.60 Å². The molecule has 0 bridgehead atoms. The normalized spacial score (nSPS) is 12.2. The Balaban J connectivity index is 4.10. The lowest BCUT2D eigenvalue weighted by Gasteiger charge is -2.24. The average Bonchev–Trinajstić information content (AvgIpc) is 3.00. The van der Waals surface area contributed by atoms with Crippen molar-refractivity contribution in [1.82, 2.24) is 5.32 Å². The molecule has 0 aromatic heterocycles. The lowest BCUT2D eigenvalue weighted by molar-refractivity contribution is 0.0376. The molecule has 1 unspecified atom stereocenters. The summed E-state index contributed by atoms with van der Waals surface area (Å²) >= 11 is 13.0. The Morgan fingerprint density at radius 3 is 1.34 bits per heavy atom. The first kappa shape index (κ1) is 46.6. The quantitative estimate of drug-likeness (QED) is 0.0415. The van der Waals surface area contributed by atoms with Crippen LogP contribution in [0.25, 0.3) is 0 Å². The van der Waals surface area contributed by atoms with Gasteiger partial charge in [-0.2, -0.15) is 0 Å². The van der Waals surface area contributed by atoms with Crippen molar-refractivity contribution >= 4 is 51.5 Å². The molecule has 0 aromatic carbocycles. The minimum atomic E-state index is -0.562. The summed E-state index contributed by atoms with van der Waals surface area (Å²) in [6.07, 6.45) is 36.3. The Kier molecular flexibility index (Phi) is 33.8. The van der Waals surface area contributed by atoms with E-state index in [4.69, 9.17) is 33.9 Å². The number of hydrogen-bond acceptors (Lipinski definition) is 6. The highest BCUT2D eigenvalue weighted by Gasteiger charge is 2.21. The first-order chi connectivity index (χ1) is 22.7. The first-order valence-corrected chi connectivity index (χ1v) is 21.8. The SMILES string of the molecule is CCCCCCCCCCCCCCCC(=S)OC(CCSC(=S)CCCCCCCCCCCCCCC)NC(=O)OC(C)(C)C. The third-order valence-corrected chi connectivity index (χ3v) is 10.4. The summed E-state index contributed by atoms with van der Waals surface area (Å²) in [7, 11) is 0. The van der Waals surface area contributed by atoms with Crippen LogP contribution in [-0.4, -0.2) is 32.9 Å². The number of nitrogens with one attached hydrogen (secondary N) is 1. The Labute approximate surface area is 308 Å². The van der Waals surface area contributed by atoms with E-state index in [1.165, 1.54) is 161 Å². The number of thiocarbonyl (C=S) groups is 2. The fourth-order valence-electron chi connectivity index (χ4n) is 5.74. The van der Waals surface area contributed by atoms with Crippen molar-refractivity contribution in [3.63, 3.8) is 0 Å². The van der Waals surface area contributed by atoms with Crippen LogP contribution in [0.5, 0.6) is 0 Å². The number of rotatable bonds is 33. The number of unbranched alkanes of at least 4 members (excludes halogenated alkanes) is 24. The van der Waals surface area contributed by atoms with Gasteiger partial charge < -0.3 is 9.47 Å². The van der Waals surface area contributed by atoms with Crippen LogP contribution in [0.4, 0.5) is 4.79 Å². The van der Waals surface area contributed by atoms with Gasteiger partial charge in [0.15, 0.2) is 11.3 Å². The topological polar surface area (TPSA) is 47.6 Å². The van der Waals surface area contributed by atoms with Crippen LogP contribution in [0.3, 0.4) is 0 Å². The minimum Gasteiger partial charge on any atom is -0.464 e. The summed E-state index contributed by atoms with van der Waals surface area (Å²) in [6, 6.07) is 0. The molecule has 278 valence electrons. The molecule has 4 nitrogen and oxygen atoms in total. The molecule has 7 heteroatoms. The van der Waals surface area contributed by atoms with E-state index in [0.29, 0.717) is 11.5 Å². The number of carbonyl (C=O) groups is 1. The van der Waals surface area contributed by atoms with E-state index in [0.717, 1.165) is 29.2 Å². The summed E-state index contributed by atoms with van der Waals surface area (Å²) < 4.78 is 12.6. The average molecular weight is 716 g/mol. The maximum absolute atomic E-state index is 12.5. The zero-order chi connectivity index (χ0) is 34.9. The summed E-state index contributed by atoms with van der Waals surface area (Å²) in [4.78, 5) is 12.5. The maximum Gasteiger partial charge on any atom is 0.410 e. The second kappa shape index (κ2) is 34.1. The zero-order valence-electron chi connectivity index (χ0n) is 31.7. The minimum absolute atomic E-state index is 0.467. The van der Waals surface area contributed by atoms with E-state index in [2.05, 4.69) is 19.2 Å². The van der Waals surface area contributed by atoms with Gasteiger partial charge in [0.2, 0.25) is 0 Å². The van der Waals surface area contributed by atoms with Gasteiger partial charge in [-0.25, -0.2) is 4.79 Å². The molecular weight excluding hydrogens is 639 g/mol. The summed E-state index contributed by atoms with van der Waals surface area (Å²) in [6.45, 7) is 10.2. The van der Waals surface area contributed by atoms with Gasteiger partial charge in [-0.15, -0.1) is 11.8 Å². The second-order valence-corrected chi connectivity index (χ2v) is 17.0. The second-order valence-electron chi connectivity index (χ2n) is 14.6. The number of alkyl carbamates (subject to hydrolysis) is 1. The van der Waals surface area contributed by atoms with Crippen molar-refractivity contribution in [2.45, 2.75) is 233 Å². The van der Waals surface area contributed by atoms with Gasteiger partial charge in [0.05, 0.1) is 0 Å². The van der Waals surface area contributed by atoms with Gasteiger partial charge in [-0.05, 0) is 52.3 Å². The molecule has 0 aliphatic carbocycles. The largest absolute Gasteiger partial charge is 0.464 e. The first-order valence-electron chi connectivity index (χ1n) is 20.0. The lowest BCUT2D eigenvalue weighted by atomic mass is 10.0. The molecule has 1 amide bonds. The predicted octanol–water partition coefficient (Wildman–Crippen LogP) is 14.6. The van der Waals surface area contributed by atoms with Crippen molar-refractivity contribution in [1.29, 1.82) is 0 Å². The molecule has 0 saturated heterocycles. The van der Waals surface area contributed by atoms with Crippen LogP contribution < -0.4 is 5.32 Å². The zero-order valence-corrected chi connectivity index (χ0v) is 34.2. The van der Waals surface area contributed by atoms with Crippen LogP contribution in [0.1, 0.15) is 221 Å². The Bertz CT molecular complexity index is 741. The van der Waals surface area contributed by atoms with E-state index >= 15 is 0 Å². The van der Waals surface area contributed by atoms with Gasteiger partial charge in [-0.1, -0.05) is 180 Å². The van der Waals surface area contributed by atoms with Crippen LogP contribution in [-0.2, 0) is 9.47 Å².